The number of ether oxygens (including phenoxy) is 3. The van der Waals surface area contributed by atoms with Crippen LogP contribution in [0.3, 0.4) is 0 Å². The summed E-state index contributed by atoms with van der Waals surface area (Å²) in [6.07, 6.45) is 0. The van der Waals surface area contributed by atoms with E-state index in [1.807, 2.05) is 0 Å². The van der Waals surface area contributed by atoms with E-state index in [-0.39, 0.29) is 68.1 Å². The molecule has 0 aromatic heterocycles. The second-order valence-corrected chi connectivity index (χ2v) is 8.18. The number of nitro groups is 2. The van der Waals surface area contributed by atoms with Crippen molar-refractivity contribution in [3.8, 4) is 0 Å². The standard InChI is InChI=1S/C20H25N3O10S/c24-22(25)17-6-7-19(20(16-17)23(26)27)21-8-9-30-10-11-31-12-13-32-14-15-33-34(28,29)18-4-2-1-3-5-18/h1-7,16,21H,8-15H2. The molecule has 0 radical (unpaired) electrons. The number of nitrogens with zero attached hydrogens (tertiary/aromatic N) is 2. The van der Waals surface area contributed by atoms with Crippen LogP contribution in [0, 0.1) is 20.2 Å². The summed E-state index contributed by atoms with van der Waals surface area (Å²) in [4.78, 5) is 20.5. The highest BCUT2D eigenvalue weighted by Crippen LogP contribution is 2.28. The van der Waals surface area contributed by atoms with E-state index in [9.17, 15) is 28.6 Å². The summed E-state index contributed by atoms with van der Waals surface area (Å²) in [6.45, 7) is 1.58. The topological polar surface area (TPSA) is 169 Å². The Morgan fingerprint density at radius 2 is 1.35 bits per heavy atom. The molecule has 0 bridgehead atoms. The van der Waals surface area contributed by atoms with Crippen molar-refractivity contribution in [2.24, 2.45) is 0 Å². The van der Waals surface area contributed by atoms with Crippen LogP contribution in [0.1, 0.15) is 0 Å². The molecule has 0 fully saturated rings. The summed E-state index contributed by atoms with van der Waals surface area (Å²) >= 11 is 0. The average Bonchev–Trinajstić information content (AvgIpc) is 2.82. The Labute approximate surface area is 196 Å². The van der Waals surface area contributed by atoms with Crippen molar-refractivity contribution in [1.82, 2.24) is 0 Å². The summed E-state index contributed by atoms with van der Waals surface area (Å²) in [7, 11) is -3.80. The first kappa shape index (κ1) is 27.1. The Morgan fingerprint density at radius 3 is 1.94 bits per heavy atom. The van der Waals surface area contributed by atoms with Gasteiger partial charge in [0.05, 0.1) is 67.1 Å². The first-order chi connectivity index (χ1) is 16.3. The van der Waals surface area contributed by atoms with Crippen LogP contribution in [0.15, 0.2) is 53.4 Å². The molecule has 2 aromatic carbocycles. The number of benzene rings is 2. The molecule has 13 nitrogen and oxygen atoms in total. The van der Waals surface area contributed by atoms with Crippen LogP contribution in [-0.2, 0) is 28.5 Å². The van der Waals surface area contributed by atoms with Gasteiger partial charge < -0.3 is 19.5 Å². The second-order valence-electron chi connectivity index (χ2n) is 6.57. The van der Waals surface area contributed by atoms with Gasteiger partial charge in [0, 0.05) is 12.6 Å². The van der Waals surface area contributed by atoms with E-state index in [1.165, 1.54) is 24.3 Å². The Morgan fingerprint density at radius 1 is 0.765 bits per heavy atom. The fraction of sp³-hybridized carbons (Fsp3) is 0.400. The van der Waals surface area contributed by atoms with Crippen LogP contribution >= 0.6 is 0 Å². The number of nitro benzene ring substituents is 2. The Kier molecular flexibility index (Phi) is 11.3. The third-order valence-corrected chi connectivity index (χ3v) is 5.52. The fourth-order valence-electron chi connectivity index (χ4n) is 2.59. The largest absolute Gasteiger partial charge is 0.377 e. The molecular formula is C20H25N3O10S. The molecule has 34 heavy (non-hydrogen) atoms. The van der Waals surface area contributed by atoms with Gasteiger partial charge in [-0.05, 0) is 18.2 Å². The van der Waals surface area contributed by atoms with Crippen molar-refractivity contribution in [1.29, 1.82) is 0 Å². The summed E-state index contributed by atoms with van der Waals surface area (Å²) in [5.74, 6) is 0. The van der Waals surface area contributed by atoms with Gasteiger partial charge in [0.2, 0.25) is 0 Å². The molecule has 0 amide bonds. The average molecular weight is 499 g/mol. The zero-order valence-electron chi connectivity index (χ0n) is 18.2. The zero-order chi connectivity index (χ0) is 24.8. The van der Waals surface area contributed by atoms with Gasteiger partial charge in [-0.1, -0.05) is 18.2 Å². The Balaban J connectivity index is 1.48. The van der Waals surface area contributed by atoms with Crippen LogP contribution in [0.4, 0.5) is 17.1 Å². The minimum Gasteiger partial charge on any atom is -0.377 e. The molecule has 2 aromatic rings. The quantitative estimate of drug-likeness (QED) is 0.147. The highest BCUT2D eigenvalue weighted by molar-refractivity contribution is 7.86. The number of non-ortho nitro benzene ring substituents is 1. The van der Waals surface area contributed by atoms with Crippen molar-refractivity contribution >= 4 is 27.2 Å². The molecule has 1 N–H and O–H groups in total. The number of hydrogen-bond acceptors (Lipinski definition) is 11. The van der Waals surface area contributed by atoms with Crippen molar-refractivity contribution in [2.45, 2.75) is 4.90 Å². The second kappa shape index (κ2) is 14.2. The lowest BCUT2D eigenvalue weighted by molar-refractivity contribution is -0.393. The third kappa shape index (κ3) is 9.36. The highest BCUT2D eigenvalue weighted by atomic mass is 32.2. The minimum atomic E-state index is -3.80. The number of rotatable bonds is 17. The van der Waals surface area contributed by atoms with Crippen LogP contribution < -0.4 is 5.32 Å². The van der Waals surface area contributed by atoms with Gasteiger partial charge >= 0.3 is 0 Å². The Hall–Kier alpha value is -3.17. The van der Waals surface area contributed by atoms with E-state index in [0.717, 1.165) is 6.07 Å². The molecule has 0 atom stereocenters. The molecule has 186 valence electrons. The van der Waals surface area contributed by atoms with Crippen molar-refractivity contribution in [3.63, 3.8) is 0 Å². The molecule has 0 saturated carbocycles. The predicted molar refractivity (Wildman–Crippen MR) is 120 cm³/mol. The normalized spacial score (nSPS) is 11.3. The van der Waals surface area contributed by atoms with Crippen molar-refractivity contribution in [2.75, 3.05) is 58.1 Å². The molecule has 0 unspecified atom stereocenters. The summed E-state index contributed by atoms with van der Waals surface area (Å²) in [6, 6.07) is 11.2. The van der Waals surface area contributed by atoms with Crippen LogP contribution in [0.25, 0.3) is 0 Å². The highest BCUT2D eigenvalue weighted by Gasteiger charge is 2.19. The van der Waals surface area contributed by atoms with E-state index < -0.39 is 20.0 Å². The summed E-state index contributed by atoms with van der Waals surface area (Å²) in [5, 5.41) is 24.6. The maximum Gasteiger partial charge on any atom is 0.299 e. The lowest BCUT2D eigenvalue weighted by Crippen LogP contribution is -2.15. The molecule has 0 saturated heterocycles. The van der Waals surface area contributed by atoms with Crippen molar-refractivity contribution < 1.29 is 36.7 Å². The molecule has 14 heteroatoms. The van der Waals surface area contributed by atoms with Gasteiger partial charge in [-0.2, -0.15) is 8.42 Å². The van der Waals surface area contributed by atoms with Crippen LogP contribution in [0.2, 0.25) is 0 Å². The number of anilines is 1. The number of nitrogens with one attached hydrogen (secondary N) is 1. The van der Waals surface area contributed by atoms with E-state index in [1.54, 1.807) is 18.2 Å². The Bertz CT molecular complexity index is 1030. The van der Waals surface area contributed by atoms with E-state index in [2.05, 4.69) is 5.32 Å². The number of hydrogen-bond donors (Lipinski definition) is 1. The first-order valence-electron chi connectivity index (χ1n) is 10.2. The van der Waals surface area contributed by atoms with Crippen molar-refractivity contribution in [3.05, 3.63) is 68.8 Å². The minimum absolute atomic E-state index is 0.0829. The molecule has 0 aliphatic rings. The maximum atomic E-state index is 11.9. The van der Waals surface area contributed by atoms with E-state index >= 15 is 0 Å². The smallest absolute Gasteiger partial charge is 0.299 e. The molecule has 0 heterocycles. The predicted octanol–water partition coefficient (Wildman–Crippen LogP) is 2.37. The molecule has 0 aliphatic carbocycles. The van der Waals surface area contributed by atoms with Gasteiger partial charge in [-0.3, -0.25) is 24.4 Å². The van der Waals surface area contributed by atoms with Gasteiger partial charge in [0.15, 0.2) is 0 Å². The molecule has 0 spiro atoms. The lowest BCUT2D eigenvalue weighted by Gasteiger charge is -2.09. The lowest BCUT2D eigenvalue weighted by atomic mass is 10.2. The van der Waals surface area contributed by atoms with E-state index in [0.29, 0.717) is 6.61 Å². The zero-order valence-corrected chi connectivity index (χ0v) is 19.0. The molecule has 0 aliphatic heterocycles. The van der Waals surface area contributed by atoms with Crippen LogP contribution in [0.5, 0.6) is 0 Å². The molecular weight excluding hydrogens is 474 g/mol. The fourth-order valence-corrected chi connectivity index (χ4v) is 3.51. The SMILES string of the molecule is O=[N+]([O-])c1ccc(NCCOCCOCCOCCOS(=O)(=O)c2ccccc2)c([N+](=O)[O-])c1. The third-order valence-electron chi connectivity index (χ3n) is 4.19. The monoisotopic (exact) mass is 499 g/mol. The maximum absolute atomic E-state index is 11.9. The van der Waals surface area contributed by atoms with Gasteiger partial charge in [-0.25, -0.2) is 0 Å². The van der Waals surface area contributed by atoms with Gasteiger partial charge in [-0.15, -0.1) is 0 Å². The first-order valence-corrected chi connectivity index (χ1v) is 11.6. The molecule has 2 rings (SSSR count). The van der Waals surface area contributed by atoms with Gasteiger partial charge in [0.25, 0.3) is 21.5 Å². The van der Waals surface area contributed by atoms with Gasteiger partial charge in [0.1, 0.15) is 5.69 Å². The summed E-state index contributed by atoms with van der Waals surface area (Å²) in [5.41, 5.74) is -0.590. The van der Waals surface area contributed by atoms with E-state index in [4.69, 9.17) is 18.4 Å². The summed E-state index contributed by atoms with van der Waals surface area (Å²) < 4.78 is 44.6. The van der Waals surface area contributed by atoms with Crippen LogP contribution in [-0.4, -0.2) is 71.1 Å².